The number of anilines is 2. The van der Waals surface area contributed by atoms with E-state index < -0.39 is 11.9 Å². The summed E-state index contributed by atoms with van der Waals surface area (Å²) in [6, 6.07) is 20.5. The summed E-state index contributed by atoms with van der Waals surface area (Å²) in [5.41, 5.74) is 16.1. The number of hydrogen-bond donors (Lipinski definition) is 5. The Morgan fingerprint density at radius 1 is 0.974 bits per heavy atom. The van der Waals surface area contributed by atoms with E-state index in [-0.39, 0.29) is 29.3 Å². The van der Waals surface area contributed by atoms with Crippen molar-refractivity contribution in [3.8, 4) is 0 Å². The lowest BCUT2D eigenvalue weighted by Gasteiger charge is -2.25. The molecule has 0 aliphatic carbocycles. The Balaban J connectivity index is 1.90. The molecule has 3 aromatic carbocycles. The third kappa shape index (κ3) is 7.61. The molecule has 0 radical (unpaired) electrons. The number of amides is 3. The van der Waals surface area contributed by atoms with Crippen LogP contribution in [-0.4, -0.2) is 23.7 Å². The molecule has 3 amide bonds. The van der Waals surface area contributed by atoms with Crippen molar-refractivity contribution in [1.82, 2.24) is 0 Å². The molecule has 7 N–H and O–H groups in total. The minimum atomic E-state index is -0.608. The third-order valence-corrected chi connectivity index (χ3v) is 5.71. The second kappa shape index (κ2) is 12.3. The first kappa shape index (κ1) is 28.3. The molecular formula is C27H30N10O2. The zero-order valence-corrected chi connectivity index (χ0v) is 21.8. The van der Waals surface area contributed by atoms with Crippen molar-refractivity contribution in [3.63, 3.8) is 0 Å². The van der Waals surface area contributed by atoms with Crippen molar-refractivity contribution in [2.45, 2.75) is 32.7 Å². The van der Waals surface area contributed by atoms with Crippen LogP contribution >= 0.6 is 0 Å². The van der Waals surface area contributed by atoms with Crippen LogP contribution < -0.4 is 21.8 Å². The number of guanidine groups is 1. The number of carbonyl (C=O) groups is 2. The van der Waals surface area contributed by atoms with E-state index in [0.717, 1.165) is 11.1 Å². The molecule has 3 aromatic rings. The van der Waals surface area contributed by atoms with Gasteiger partial charge in [0, 0.05) is 22.5 Å². The maximum atomic E-state index is 13.5. The second-order valence-electron chi connectivity index (χ2n) is 9.54. The van der Waals surface area contributed by atoms with Crippen LogP contribution in [0.25, 0.3) is 0 Å². The maximum absolute atomic E-state index is 13.5. The van der Waals surface area contributed by atoms with Gasteiger partial charge in [-0.1, -0.05) is 67.5 Å². The minimum absolute atomic E-state index is 0.0564. The highest BCUT2D eigenvalue weighted by Crippen LogP contribution is 2.26. The Hall–Kier alpha value is -5.26. The first-order valence-electron chi connectivity index (χ1n) is 11.9. The predicted molar refractivity (Wildman–Crippen MR) is 150 cm³/mol. The molecular weight excluding hydrogens is 496 g/mol. The van der Waals surface area contributed by atoms with Crippen LogP contribution in [0.1, 0.15) is 47.8 Å². The molecule has 0 heterocycles. The molecule has 0 bridgehead atoms. The van der Waals surface area contributed by atoms with E-state index in [9.17, 15) is 9.59 Å². The number of benzene rings is 3. The Morgan fingerprint density at radius 2 is 1.64 bits per heavy atom. The van der Waals surface area contributed by atoms with E-state index in [1.54, 1.807) is 53.4 Å². The van der Waals surface area contributed by atoms with Crippen molar-refractivity contribution in [1.29, 1.82) is 10.9 Å². The quantitative estimate of drug-likeness (QED) is 0.0947. The number of nitrogens with zero attached hydrogens (tertiary/aromatic N) is 5. The van der Waals surface area contributed by atoms with Crippen molar-refractivity contribution in [2.75, 3.05) is 10.2 Å². The van der Waals surface area contributed by atoms with Gasteiger partial charge in [-0.2, -0.15) is 4.99 Å². The number of nitrogens with one attached hydrogen (secondary N) is 3. The SMILES string of the molecule is CC(C)(C)c1ccc(N(Cc2ccc(C(=O)N=C(N)/N=N\N)cc2)C(=O)Nc2cccc(C(=N)N=N)c2)cc1. The van der Waals surface area contributed by atoms with Gasteiger partial charge in [0.1, 0.15) is 0 Å². The fourth-order valence-electron chi connectivity index (χ4n) is 3.61. The summed E-state index contributed by atoms with van der Waals surface area (Å²) >= 11 is 0. The van der Waals surface area contributed by atoms with E-state index in [1.807, 2.05) is 24.3 Å². The van der Waals surface area contributed by atoms with Gasteiger partial charge in [0.25, 0.3) is 5.91 Å². The first-order chi connectivity index (χ1) is 18.5. The summed E-state index contributed by atoms with van der Waals surface area (Å²) in [5.74, 6) is 3.73. The molecule has 0 fully saturated rings. The van der Waals surface area contributed by atoms with Crippen LogP contribution in [0.15, 0.2) is 93.2 Å². The molecule has 0 aromatic heterocycles. The molecule has 0 saturated heterocycles. The predicted octanol–water partition coefficient (Wildman–Crippen LogP) is 5.36. The average Bonchev–Trinajstić information content (AvgIpc) is 2.91. The van der Waals surface area contributed by atoms with Gasteiger partial charge in [0.05, 0.1) is 6.54 Å². The summed E-state index contributed by atoms with van der Waals surface area (Å²) in [4.78, 5) is 31.0. The number of rotatable bonds is 6. The van der Waals surface area contributed by atoms with Crippen LogP contribution in [0.2, 0.25) is 0 Å². The molecule has 0 aliphatic heterocycles. The zero-order chi connectivity index (χ0) is 28.6. The van der Waals surface area contributed by atoms with Crippen molar-refractivity contribution in [2.24, 2.45) is 32.0 Å². The van der Waals surface area contributed by atoms with Gasteiger partial charge in [-0.3, -0.25) is 15.1 Å². The molecule has 12 nitrogen and oxygen atoms in total. The van der Waals surface area contributed by atoms with E-state index in [1.165, 1.54) is 0 Å². The van der Waals surface area contributed by atoms with Crippen molar-refractivity contribution in [3.05, 3.63) is 95.1 Å². The van der Waals surface area contributed by atoms with E-state index in [4.69, 9.17) is 22.5 Å². The Bertz CT molecular complexity index is 1420. The maximum Gasteiger partial charge on any atom is 0.326 e. The topological polar surface area (TPSA) is 199 Å². The number of urea groups is 1. The van der Waals surface area contributed by atoms with E-state index in [0.29, 0.717) is 16.9 Å². The van der Waals surface area contributed by atoms with Gasteiger partial charge in [-0.05, 0) is 52.9 Å². The van der Waals surface area contributed by atoms with Gasteiger partial charge >= 0.3 is 6.03 Å². The van der Waals surface area contributed by atoms with Crippen LogP contribution in [0.5, 0.6) is 0 Å². The van der Waals surface area contributed by atoms with Crippen molar-refractivity contribution >= 4 is 35.1 Å². The van der Waals surface area contributed by atoms with Gasteiger partial charge in [-0.15, -0.1) is 5.11 Å². The van der Waals surface area contributed by atoms with E-state index in [2.05, 4.69) is 46.5 Å². The highest BCUT2D eigenvalue weighted by Gasteiger charge is 2.19. The number of hydrogen-bond acceptors (Lipinski definition) is 5. The number of amidine groups is 1. The molecule has 0 atom stereocenters. The van der Waals surface area contributed by atoms with Gasteiger partial charge < -0.3 is 16.9 Å². The standard InChI is InChI=1S/C27H30N10O2/c1-27(2,3)20-11-13-22(14-12-20)37(26(39)32-21-6-4-5-19(15-21)23(28)34-30)16-17-7-9-18(10-8-17)24(38)33-25(29)35-36-31/h4-15,28,30H,16H2,1-3H3,(H,32,39)(H4,29,31,33,35,38). The van der Waals surface area contributed by atoms with Gasteiger partial charge in [-0.25, -0.2) is 10.3 Å². The molecule has 12 heteroatoms. The molecule has 0 spiro atoms. The average molecular weight is 527 g/mol. The molecule has 0 aliphatic rings. The minimum Gasteiger partial charge on any atom is -0.366 e. The van der Waals surface area contributed by atoms with Gasteiger partial charge in [0.15, 0.2) is 5.84 Å². The molecule has 0 unspecified atom stereocenters. The fraction of sp³-hybridized carbons (Fsp3) is 0.185. The van der Waals surface area contributed by atoms with Gasteiger partial charge in [0.2, 0.25) is 5.96 Å². The summed E-state index contributed by atoms with van der Waals surface area (Å²) < 4.78 is 0. The number of carbonyl (C=O) groups excluding carboxylic acids is 2. The largest absolute Gasteiger partial charge is 0.366 e. The lowest BCUT2D eigenvalue weighted by molar-refractivity contribution is 0.100. The lowest BCUT2D eigenvalue weighted by Crippen LogP contribution is -2.34. The Kier molecular flexibility index (Phi) is 8.94. The summed E-state index contributed by atoms with van der Waals surface area (Å²) in [5, 5.41) is 20.1. The summed E-state index contributed by atoms with van der Waals surface area (Å²) in [6.07, 6.45) is 0. The zero-order valence-electron chi connectivity index (χ0n) is 21.8. The number of aliphatic imine (C=N–C) groups is 1. The third-order valence-electron chi connectivity index (χ3n) is 5.71. The normalized spacial score (nSPS) is 11.7. The van der Waals surface area contributed by atoms with Crippen LogP contribution in [0, 0.1) is 10.9 Å². The molecule has 200 valence electrons. The highest BCUT2D eigenvalue weighted by atomic mass is 16.2. The number of nitrogens with two attached hydrogens (primary N) is 2. The monoisotopic (exact) mass is 526 g/mol. The molecule has 3 rings (SSSR count). The van der Waals surface area contributed by atoms with Crippen LogP contribution in [0.4, 0.5) is 16.2 Å². The smallest absolute Gasteiger partial charge is 0.326 e. The highest BCUT2D eigenvalue weighted by molar-refractivity contribution is 6.04. The second-order valence-corrected chi connectivity index (χ2v) is 9.54. The first-order valence-corrected chi connectivity index (χ1v) is 11.9. The Morgan fingerprint density at radius 3 is 2.23 bits per heavy atom. The summed E-state index contributed by atoms with van der Waals surface area (Å²) in [6.45, 7) is 6.53. The molecule has 0 saturated carbocycles. The molecule has 39 heavy (non-hydrogen) atoms. The lowest BCUT2D eigenvalue weighted by atomic mass is 9.87. The van der Waals surface area contributed by atoms with E-state index >= 15 is 0 Å². The summed E-state index contributed by atoms with van der Waals surface area (Å²) in [7, 11) is 0. The van der Waals surface area contributed by atoms with Crippen LogP contribution in [0.3, 0.4) is 0 Å². The fourth-order valence-corrected chi connectivity index (χ4v) is 3.61. The Labute approximate surface area is 225 Å². The van der Waals surface area contributed by atoms with Crippen LogP contribution in [-0.2, 0) is 12.0 Å². The van der Waals surface area contributed by atoms with Crippen molar-refractivity contribution < 1.29 is 9.59 Å².